The van der Waals surface area contributed by atoms with Gasteiger partial charge >= 0.3 is 0 Å². The average Bonchev–Trinajstić information content (AvgIpc) is 3.39. The van der Waals surface area contributed by atoms with Crippen LogP contribution in [-0.4, -0.2) is 37.1 Å². The summed E-state index contributed by atoms with van der Waals surface area (Å²) < 4.78 is 15.2. The standard InChI is InChI=1S/C20H18FN5O/c21-14-7-8-15-16(10-14)24-20(23-15)18-6-3-9-25(18)19(27)12-26-17-5-2-1-4-13(17)11-22-26/h1-2,4-5,7-8,10-11,18H,3,6,9,12H2,(H,23,24). The lowest BCUT2D eigenvalue weighted by molar-refractivity contribution is -0.133. The lowest BCUT2D eigenvalue weighted by atomic mass is 10.2. The van der Waals surface area contributed by atoms with Crippen molar-refractivity contribution in [2.75, 3.05) is 6.54 Å². The number of rotatable bonds is 3. The zero-order chi connectivity index (χ0) is 18.4. The number of carbonyl (C=O) groups excluding carboxylic acids is 1. The molecule has 0 saturated carbocycles. The first-order chi connectivity index (χ1) is 13.2. The summed E-state index contributed by atoms with van der Waals surface area (Å²) in [6, 6.07) is 12.2. The van der Waals surface area contributed by atoms with E-state index in [1.807, 2.05) is 29.2 Å². The number of likely N-dealkylation sites (tertiary alicyclic amines) is 1. The third-order valence-corrected chi connectivity index (χ3v) is 5.19. The van der Waals surface area contributed by atoms with Gasteiger partial charge in [0.25, 0.3) is 0 Å². The van der Waals surface area contributed by atoms with Crippen LogP contribution in [0.25, 0.3) is 21.9 Å². The molecule has 1 N–H and O–H groups in total. The highest BCUT2D eigenvalue weighted by Gasteiger charge is 2.32. The summed E-state index contributed by atoms with van der Waals surface area (Å²) in [5, 5.41) is 5.37. The number of amides is 1. The Balaban J connectivity index is 1.42. The molecule has 1 aliphatic rings. The first-order valence-electron chi connectivity index (χ1n) is 9.04. The van der Waals surface area contributed by atoms with Gasteiger partial charge in [0.15, 0.2) is 0 Å². The van der Waals surface area contributed by atoms with Gasteiger partial charge in [-0.2, -0.15) is 5.10 Å². The zero-order valence-electron chi connectivity index (χ0n) is 14.6. The molecule has 1 saturated heterocycles. The van der Waals surface area contributed by atoms with Crippen molar-refractivity contribution in [1.29, 1.82) is 0 Å². The minimum Gasteiger partial charge on any atom is -0.340 e. The van der Waals surface area contributed by atoms with Crippen molar-refractivity contribution in [2.45, 2.75) is 25.4 Å². The van der Waals surface area contributed by atoms with Crippen molar-refractivity contribution >= 4 is 27.8 Å². The second-order valence-corrected chi connectivity index (χ2v) is 6.89. The van der Waals surface area contributed by atoms with Crippen LogP contribution < -0.4 is 0 Å². The fourth-order valence-electron chi connectivity index (χ4n) is 3.88. The number of nitrogens with one attached hydrogen (secondary N) is 1. The summed E-state index contributed by atoms with van der Waals surface area (Å²) in [5.41, 5.74) is 2.31. The van der Waals surface area contributed by atoms with Crippen LogP contribution in [-0.2, 0) is 11.3 Å². The van der Waals surface area contributed by atoms with Crippen LogP contribution in [0.2, 0.25) is 0 Å². The molecule has 1 amide bonds. The van der Waals surface area contributed by atoms with Crippen molar-refractivity contribution in [3.63, 3.8) is 0 Å². The molecule has 1 atom stereocenters. The Morgan fingerprint density at radius 1 is 1.26 bits per heavy atom. The topological polar surface area (TPSA) is 66.8 Å². The van der Waals surface area contributed by atoms with Gasteiger partial charge in [0.2, 0.25) is 5.91 Å². The maximum absolute atomic E-state index is 13.4. The number of para-hydroxylation sites is 1. The van der Waals surface area contributed by atoms with Crippen LogP contribution in [0.3, 0.4) is 0 Å². The molecular weight excluding hydrogens is 345 g/mol. The van der Waals surface area contributed by atoms with Crippen molar-refractivity contribution in [2.24, 2.45) is 0 Å². The molecule has 0 spiro atoms. The molecule has 4 aromatic rings. The molecule has 7 heteroatoms. The summed E-state index contributed by atoms with van der Waals surface area (Å²) in [6.07, 6.45) is 3.54. The highest BCUT2D eigenvalue weighted by Crippen LogP contribution is 2.32. The SMILES string of the molecule is O=C(Cn1ncc2ccccc21)N1CCCC1c1nc2ccc(F)cc2[nH]1. The van der Waals surface area contributed by atoms with Crippen molar-refractivity contribution in [3.8, 4) is 0 Å². The maximum atomic E-state index is 13.4. The van der Waals surface area contributed by atoms with Gasteiger partial charge in [0, 0.05) is 11.9 Å². The normalized spacial score (nSPS) is 17.2. The molecule has 0 bridgehead atoms. The number of imidazole rings is 1. The monoisotopic (exact) mass is 363 g/mol. The van der Waals surface area contributed by atoms with Gasteiger partial charge in [-0.25, -0.2) is 9.37 Å². The van der Waals surface area contributed by atoms with Crippen LogP contribution in [0.15, 0.2) is 48.7 Å². The van der Waals surface area contributed by atoms with Crippen molar-refractivity contribution < 1.29 is 9.18 Å². The predicted octanol–water partition coefficient (Wildman–Crippen LogP) is 3.42. The molecule has 2 aromatic heterocycles. The van der Waals surface area contributed by atoms with Crippen LogP contribution in [0.4, 0.5) is 4.39 Å². The van der Waals surface area contributed by atoms with Gasteiger partial charge in [0.05, 0.1) is 28.8 Å². The summed E-state index contributed by atoms with van der Waals surface area (Å²) in [7, 11) is 0. The predicted molar refractivity (Wildman–Crippen MR) is 99.5 cm³/mol. The fraction of sp³-hybridized carbons (Fsp3) is 0.250. The summed E-state index contributed by atoms with van der Waals surface area (Å²) in [5.74, 6) is 0.423. The van der Waals surface area contributed by atoms with E-state index >= 15 is 0 Å². The van der Waals surface area contributed by atoms with Gasteiger partial charge in [-0.3, -0.25) is 9.48 Å². The lowest BCUT2D eigenvalue weighted by Gasteiger charge is -2.23. The molecule has 3 heterocycles. The molecule has 1 aliphatic heterocycles. The van der Waals surface area contributed by atoms with Crippen LogP contribution in [0, 0.1) is 5.82 Å². The number of carbonyl (C=O) groups is 1. The zero-order valence-corrected chi connectivity index (χ0v) is 14.6. The Kier molecular flexibility index (Phi) is 3.67. The maximum Gasteiger partial charge on any atom is 0.244 e. The number of halogens is 1. The first-order valence-corrected chi connectivity index (χ1v) is 9.04. The number of H-pyrrole nitrogens is 1. The van der Waals surface area contributed by atoms with Gasteiger partial charge in [-0.05, 0) is 37.1 Å². The number of hydrogen-bond acceptors (Lipinski definition) is 3. The van der Waals surface area contributed by atoms with E-state index in [0.717, 1.165) is 23.7 Å². The first kappa shape index (κ1) is 16.0. The second kappa shape index (κ2) is 6.19. The Morgan fingerprint density at radius 3 is 3.07 bits per heavy atom. The number of fused-ring (bicyclic) bond motifs is 2. The molecule has 1 unspecified atom stereocenters. The Labute approximate surface area is 154 Å². The fourth-order valence-corrected chi connectivity index (χ4v) is 3.88. The largest absolute Gasteiger partial charge is 0.340 e. The third kappa shape index (κ3) is 2.75. The third-order valence-electron chi connectivity index (χ3n) is 5.19. The molecular formula is C20H18FN5O. The van der Waals surface area contributed by atoms with Crippen LogP contribution in [0.1, 0.15) is 24.7 Å². The van der Waals surface area contributed by atoms with Gasteiger partial charge in [-0.1, -0.05) is 18.2 Å². The molecule has 6 nitrogen and oxygen atoms in total. The molecule has 1 fully saturated rings. The van der Waals surface area contributed by atoms with E-state index in [-0.39, 0.29) is 24.3 Å². The molecule has 5 rings (SSSR count). The highest BCUT2D eigenvalue weighted by molar-refractivity contribution is 5.82. The number of aromatic nitrogens is 4. The minimum atomic E-state index is -0.303. The Hall–Kier alpha value is -3.22. The van der Waals surface area contributed by atoms with E-state index in [4.69, 9.17) is 0 Å². The molecule has 136 valence electrons. The van der Waals surface area contributed by atoms with Crippen molar-refractivity contribution in [1.82, 2.24) is 24.6 Å². The van der Waals surface area contributed by atoms with E-state index in [0.29, 0.717) is 23.4 Å². The van der Waals surface area contributed by atoms with Crippen molar-refractivity contribution in [3.05, 3.63) is 60.3 Å². The highest BCUT2D eigenvalue weighted by atomic mass is 19.1. The van der Waals surface area contributed by atoms with E-state index < -0.39 is 0 Å². The molecule has 0 radical (unpaired) electrons. The number of benzene rings is 2. The summed E-state index contributed by atoms with van der Waals surface area (Å²) >= 11 is 0. The van der Waals surface area contributed by atoms with Crippen LogP contribution in [0.5, 0.6) is 0 Å². The second-order valence-electron chi connectivity index (χ2n) is 6.89. The molecule has 2 aromatic carbocycles. The van der Waals surface area contributed by atoms with E-state index in [1.54, 1.807) is 16.9 Å². The van der Waals surface area contributed by atoms with Gasteiger partial charge in [-0.15, -0.1) is 0 Å². The smallest absolute Gasteiger partial charge is 0.244 e. The Morgan fingerprint density at radius 2 is 2.15 bits per heavy atom. The number of aromatic amines is 1. The minimum absolute atomic E-state index is 0.0120. The summed E-state index contributed by atoms with van der Waals surface area (Å²) in [4.78, 5) is 22.6. The number of nitrogens with zero attached hydrogens (tertiary/aromatic N) is 4. The molecule has 27 heavy (non-hydrogen) atoms. The van der Waals surface area contributed by atoms with Gasteiger partial charge in [0.1, 0.15) is 18.2 Å². The summed E-state index contributed by atoms with van der Waals surface area (Å²) in [6.45, 7) is 0.882. The lowest BCUT2D eigenvalue weighted by Crippen LogP contribution is -2.34. The van der Waals surface area contributed by atoms with E-state index in [2.05, 4.69) is 15.1 Å². The number of hydrogen-bond donors (Lipinski definition) is 1. The quantitative estimate of drug-likeness (QED) is 0.606. The Bertz CT molecular complexity index is 1150. The van der Waals surface area contributed by atoms with Crippen LogP contribution >= 0.6 is 0 Å². The van der Waals surface area contributed by atoms with E-state index in [1.165, 1.54) is 12.1 Å². The molecule has 0 aliphatic carbocycles. The average molecular weight is 363 g/mol. The van der Waals surface area contributed by atoms with Gasteiger partial charge < -0.3 is 9.88 Å². The van der Waals surface area contributed by atoms with E-state index in [9.17, 15) is 9.18 Å².